The van der Waals surface area contributed by atoms with Gasteiger partial charge in [0.1, 0.15) is 0 Å². The van der Waals surface area contributed by atoms with E-state index in [1.807, 2.05) is 60.7 Å². The summed E-state index contributed by atoms with van der Waals surface area (Å²) in [5.41, 5.74) is -0.114. The molecule has 0 atom stereocenters. The van der Waals surface area contributed by atoms with Gasteiger partial charge in [-0.3, -0.25) is 4.79 Å². The Kier molecular flexibility index (Phi) is 5.81. The number of benzene rings is 2. The highest BCUT2D eigenvalue weighted by Gasteiger charge is 2.21. The summed E-state index contributed by atoms with van der Waals surface area (Å²) in [6.07, 6.45) is 0. The maximum atomic E-state index is 11.8. The summed E-state index contributed by atoms with van der Waals surface area (Å²) >= 11 is 0. The predicted molar refractivity (Wildman–Crippen MR) is 80.3 cm³/mol. The molecule has 0 aliphatic rings. The zero-order valence-corrected chi connectivity index (χ0v) is 12.0. The van der Waals surface area contributed by atoms with Gasteiger partial charge in [0.15, 0.2) is 11.4 Å². The van der Waals surface area contributed by atoms with Gasteiger partial charge in [-0.2, -0.15) is 0 Å². The van der Waals surface area contributed by atoms with E-state index in [0.717, 1.165) is 11.1 Å². The van der Waals surface area contributed by atoms with Gasteiger partial charge in [-0.1, -0.05) is 60.7 Å². The number of ketones is 1. The second kappa shape index (κ2) is 7.36. The Hall–Kier alpha value is -2.46. The van der Waals surface area contributed by atoms with Crippen LogP contribution in [0, 0.1) is 0 Å². The van der Waals surface area contributed by atoms with Crippen LogP contribution in [-0.2, 0) is 4.79 Å². The van der Waals surface area contributed by atoms with Crippen LogP contribution in [0.25, 0.3) is 0 Å². The normalized spacial score (nSPS) is 10.2. The summed E-state index contributed by atoms with van der Waals surface area (Å²) in [6.45, 7) is 2.44. The van der Waals surface area contributed by atoms with Crippen molar-refractivity contribution in [2.45, 2.75) is 19.4 Å². The maximum Gasteiger partial charge on any atom is 0.335 e. The molecule has 0 aliphatic carbocycles. The summed E-state index contributed by atoms with van der Waals surface area (Å²) in [5.74, 6) is -1.13. The van der Waals surface area contributed by atoms with Gasteiger partial charge in [0.2, 0.25) is 0 Å². The third-order valence-corrected chi connectivity index (χ3v) is 2.60. The van der Waals surface area contributed by atoms with Gasteiger partial charge in [0.25, 0.3) is 0 Å². The van der Waals surface area contributed by atoms with Crippen molar-refractivity contribution in [2.24, 2.45) is 0 Å². The van der Waals surface area contributed by atoms with Crippen molar-refractivity contribution >= 4 is 11.8 Å². The Morgan fingerprint density at radius 2 is 1.10 bits per heavy atom. The van der Waals surface area contributed by atoms with E-state index in [-0.39, 0.29) is 5.78 Å². The minimum Gasteiger partial charge on any atom is -0.479 e. The average Bonchev–Trinajstić information content (AvgIpc) is 2.48. The third-order valence-electron chi connectivity index (χ3n) is 2.60. The van der Waals surface area contributed by atoms with Gasteiger partial charge >= 0.3 is 5.97 Å². The van der Waals surface area contributed by atoms with Crippen molar-refractivity contribution in [1.82, 2.24) is 0 Å². The summed E-state index contributed by atoms with van der Waals surface area (Å²) in [6, 6.07) is 18.6. The van der Waals surface area contributed by atoms with Crippen molar-refractivity contribution < 1.29 is 19.8 Å². The number of hydrogen-bond acceptors (Lipinski definition) is 3. The molecule has 0 aliphatic heterocycles. The highest BCUT2D eigenvalue weighted by Crippen LogP contribution is 2.08. The summed E-state index contributed by atoms with van der Waals surface area (Å²) in [5, 5.41) is 16.5. The monoisotopic (exact) mass is 286 g/mol. The van der Waals surface area contributed by atoms with E-state index in [1.54, 1.807) is 0 Å². The van der Waals surface area contributed by atoms with Crippen molar-refractivity contribution in [3.8, 4) is 0 Å². The van der Waals surface area contributed by atoms with Gasteiger partial charge in [0, 0.05) is 11.1 Å². The minimum absolute atomic E-state index is 0.0752. The van der Waals surface area contributed by atoms with Crippen LogP contribution in [0.15, 0.2) is 60.7 Å². The van der Waals surface area contributed by atoms with E-state index in [2.05, 4.69) is 0 Å². The maximum absolute atomic E-state index is 11.8. The summed E-state index contributed by atoms with van der Waals surface area (Å²) in [4.78, 5) is 21.6. The van der Waals surface area contributed by atoms with Crippen LogP contribution >= 0.6 is 0 Å². The largest absolute Gasteiger partial charge is 0.479 e. The minimum atomic E-state index is -1.58. The molecule has 0 saturated heterocycles. The van der Waals surface area contributed by atoms with Gasteiger partial charge in [-0.05, 0) is 13.8 Å². The Balaban J connectivity index is 0.000000270. The Morgan fingerprint density at radius 1 is 0.810 bits per heavy atom. The van der Waals surface area contributed by atoms with E-state index >= 15 is 0 Å². The molecular weight excluding hydrogens is 268 g/mol. The van der Waals surface area contributed by atoms with Crippen LogP contribution in [0.3, 0.4) is 0 Å². The average molecular weight is 286 g/mol. The Labute approximate surface area is 123 Å². The van der Waals surface area contributed by atoms with Crippen LogP contribution in [-0.4, -0.2) is 27.6 Å². The molecule has 0 aromatic heterocycles. The SMILES string of the molecule is CC(C)(O)C(=O)O.O=C(c1ccccc1)c1ccccc1. The summed E-state index contributed by atoms with van der Waals surface area (Å²) in [7, 11) is 0. The second-order valence-electron chi connectivity index (χ2n) is 4.93. The summed E-state index contributed by atoms with van der Waals surface area (Å²) < 4.78 is 0. The van der Waals surface area contributed by atoms with Gasteiger partial charge in [-0.25, -0.2) is 4.79 Å². The molecule has 2 N–H and O–H groups in total. The quantitative estimate of drug-likeness (QED) is 0.851. The number of carbonyl (C=O) groups is 2. The first-order valence-corrected chi connectivity index (χ1v) is 6.43. The fourth-order valence-corrected chi connectivity index (χ4v) is 1.35. The number of carboxylic acids is 1. The molecule has 0 radical (unpaired) electrons. The molecule has 2 rings (SSSR count). The van der Waals surface area contributed by atoms with Crippen LogP contribution in [0.5, 0.6) is 0 Å². The highest BCUT2D eigenvalue weighted by atomic mass is 16.4. The van der Waals surface area contributed by atoms with Crippen LogP contribution in [0.2, 0.25) is 0 Å². The number of carbonyl (C=O) groups excluding carboxylic acids is 1. The number of carboxylic acid groups (broad SMARTS) is 1. The molecule has 4 heteroatoms. The molecule has 0 fully saturated rings. The molecule has 0 saturated carbocycles. The van der Waals surface area contributed by atoms with Crippen LogP contribution < -0.4 is 0 Å². The Morgan fingerprint density at radius 3 is 1.33 bits per heavy atom. The first-order chi connectivity index (χ1) is 9.82. The fraction of sp³-hybridized carbons (Fsp3) is 0.176. The van der Waals surface area contributed by atoms with Crippen molar-refractivity contribution in [3.05, 3.63) is 71.8 Å². The molecule has 0 heterocycles. The molecule has 0 spiro atoms. The van der Waals surface area contributed by atoms with E-state index in [1.165, 1.54) is 13.8 Å². The lowest BCUT2D eigenvalue weighted by Gasteiger charge is -2.07. The van der Waals surface area contributed by atoms with Gasteiger partial charge in [0.05, 0.1) is 0 Å². The number of hydrogen-bond donors (Lipinski definition) is 2. The molecule has 2 aromatic rings. The fourth-order valence-electron chi connectivity index (χ4n) is 1.35. The number of aliphatic carboxylic acids is 1. The van der Waals surface area contributed by atoms with Crippen LogP contribution in [0.4, 0.5) is 0 Å². The van der Waals surface area contributed by atoms with Crippen LogP contribution in [0.1, 0.15) is 29.8 Å². The smallest absolute Gasteiger partial charge is 0.335 e. The zero-order valence-electron chi connectivity index (χ0n) is 12.0. The molecule has 0 bridgehead atoms. The zero-order chi connectivity index (χ0) is 15.9. The molecule has 4 nitrogen and oxygen atoms in total. The van der Waals surface area contributed by atoms with Crippen molar-refractivity contribution in [3.63, 3.8) is 0 Å². The lowest BCUT2D eigenvalue weighted by molar-refractivity contribution is -0.154. The molecule has 0 amide bonds. The predicted octanol–water partition coefficient (Wildman–Crippen LogP) is 2.76. The van der Waals surface area contributed by atoms with E-state index in [9.17, 15) is 9.59 Å². The molecular formula is C17H18O4. The van der Waals surface area contributed by atoms with E-state index in [0.29, 0.717) is 0 Å². The Bertz CT molecular complexity index is 542. The first-order valence-electron chi connectivity index (χ1n) is 6.43. The number of aliphatic hydroxyl groups is 1. The topological polar surface area (TPSA) is 74.6 Å². The third kappa shape index (κ3) is 5.58. The lowest BCUT2D eigenvalue weighted by Crippen LogP contribution is -2.30. The molecule has 2 aromatic carbocycles. The van der Waals surface area contributed by atoms with Gasteiger partial charge < -0.3 is 10.2 Å². The highest BCUT2D eigenvalue weighted by molar-refractivity contribution is 6.08. The van der Waals surface area contributed by atoms with Crippen molar-refractivity contribution in [1.29, 1.82) is 0 Å². The molecule has 21 heavy (non-hydrogen) atoms. The molecule has 110 valence electrons. The van der Waals surface area contributed by atoms with Crippen molar-refractivity contribution in [2.75, 3.05) is 0 Å². The lowest BCUT2D eigenvalue weighted by atomic mass is 10.0. The van der Waals surface area contributed by atoms with E-state index in [4.69, 9.17) is 10.2 Å². The second-order valence-corrected chi connectivity index (χ2v) is 4.93. The van der Waals surface area contributed by atoms with Gasteiger partial charge in [-0.15, -0.1) is 0 Å². The first kappa shape index (κ1) is 16.6. The van der Waals surface area contributed by atoms with E-state index < -0.39 is 11.6 Å². The molecule has 0 unspecified atom stereocenters. The standard InChI is InChI=1S/C13H10O.C4H8O3/c14-13(11-7-3-1-4-8-11)12-9-5-2-6-10-12;1-4(2,7)3(5)6/h1-10H;7H,1-2H3,(H,5,6). The number of rotatable bonds is 3.